The highest BCUT2D eigenvalue weighted by Crippen LogP contribution is 2.30. The molecule has 0 aliphatic heterocycles. The minimum atomic E-state index is -0.917. The van der Waals surface area contributed by atoms with Crippen molar-refractivity contribution in [2.75, 3.05) is 0 Å². The Bertz CT molecular complexity index is 716. The number of aryl methyl sites for hydroxylation is 2. The van der Waals surface area contributed by atoms with Gasteiger partial charge in [-0.25, -0.2) is 0 Å². The molecule has 0 radical (unpaired) electrons. The zero-order valence-corrected chi connectivity index (χ0v) is 11.8. The van der Waals surface area contributed by atoms with Crippen molar-refractivity contribution in [3.63, 3.8) is 0 Å². The summed E-state index contributed by atoms with van der Waals surface area (Å²) in [6.07, 6.45) is 4.05. The van der Waals surface area contributed by atoms with E-state index in [4.69, 9.17) is 14.9 Å². The molecule has 1 aromatic heterocycles. The maximum Gasteiger partial charge on any atom is 0.311 e. The van der Waals surface area contributed by atoms with Gasteiger partial charge in [0.05, 0.1) is 12.7 Å². The number of carbonyl (C=O) groups is 2. The number of nitrogens with two attached hydrogens (primary N) is 1. The van der Waals surface area contributed by atoms with Crippen molar-refractivity contribution in [2.45, 2.75) is 38.7 Å². The second kappa shape index (κ2) is 5.24. The standard InChI is InChI=1S/C16H17NO4/c1-9(16(17)19)21-15(18)7-12-8-20-14-6-11-4-2-3-10(11)5-13(12)14/h5-6,8-9H,2-4,7H2,1H3,(H2,17,19). The molecule has 1 aliphatic rings. The van der Waals surface area contributed by atoms with Crippen LogP contribution >= 0.6 is 0 Å². The van der Waals surface area contributed by atoms with Crippen molar-refractivity contribution in [3.8, 4) is 0 Å². The summed E-state index contributed by atoms with van der Waals surface area (Å²) in [6.45, 7) is 1.46. The molecule has 5 nitrogen and oxygen atoms in total. The van der Waals surface area contributed by atoms with Gasteiger partial charge in [-0.05, 0) is 49.4 Å². The van der Waals surface area contributed by atoms with Crippen LogP contribution < -0.4 is 5.73 Å². The van der Waals surface area contributed by atoms with Crippen LogP contribution in [0.1, 0.15) is 30.0 Å². The van der Waals surface area contributed by atoms with Gasteiger partial charge in [0.15, 0.2) is 6.10 Å². The van der Waals surface area contributed by atoms with Crippen molar-refractivity contribution in [1.82, 2.24) is 0 Å². The second-order valence-electron chi connectivity index (χ2n) is 5.44. The molecule has 0 saturated heterocycles. The van der Waals surface area contributed by atoms with Crippen LogP contribution in [0.15, 0.2) is 22.8 Å². The van der Waals surface area contributed by atoms with Crippen LogP contribution in [-0.4, -0.2) is 18.0 Å². The van der Waals surface area contributed by atoms with E-state index in [0.29, 0.717) is 0 Å². The first-order valence-corrected chi connectivity index (χ1v) is 7.05. The van der Waals surface area contributed by atoms with E-state index in [2.05, 4.69) is 12.1 Å². The molecule has 0 fully saturated rings. The average molecular weight is 287 g/mol. The van der Waals surface area contributed by atoms with Crippen LogP contribution in [0.25, 0.3) is 11.0 Å². The van der Waals surface area contributed by atoms with Crippen molar-refractivity contribution < 1.29 is 18.7 Å². The Morgan fingerprint density at radius 2 is 2.05 bits per heavy atom. The highest BCUT2D eigenvalue weighted by atomic mass is 16.5. The topological polar surface area (TPSA) is 82.5 Å². The number of furan rings is 1. The van der Waals surface area contributed by atoms with Crippen molar-refractivity contribution in [1.29, 1.82) is 0 Å². The summed E-state index contributed by atoms with van der Waals surface area (Å²) < 4.78 is 10.5. The van der Waals surface area contributed by atoms with E-state index >= 15 is 0 Å². The molecule has 21 heavy (non-hydrogen) atoms. The van der Waals surface area contributed by atoms with Crippen LogP contribution in [0.3, 0.4) is 0 Å². The van der Waals surface area contributed by atoms with Gasteiger partial charge in [-0.1, -0.05) is 0 Å². The van der Waals surface area contributed by atoms with Gasteiger partial charge in [0.2, 0.25) is 0 Å². The van der Waals surface area contributed by atoms with E-state index in [0.717, 1.165) is 35.8 Å². The van der Waals surface area contributed by atoms with Crippen LogP contribution in [0.4, 0.5) is 0 Å². The minimum absolute atomic E-state index is 0.0728. The summed E-state index contributed by atoms with van der Waals surface area (Å²) in [5, 5.41) is 0.944. The monoisotopic (exact) mass is 287 g/mol. The molecule has 1 heterocycles. The maximum atomic E-state index is 11.8. The van der Waals surface area contributed by atoms with Crippen LogP contribution in [0.2, 0.25) is 0 Å². The molecule has 1 amide bonds. The van der Waals surface area contributed by atoms with Gasteiger partial charge in [0.25, 0.3) is 5.91 Å². The molecule has 0 spiro atoms. The average Bonchev–Trinajstić information content (AvgIpc) is 3.03. The predicted molar refractivity (Wildman–Crippen MR) is 76.7 cm³/mol. The maximum absolute atomic E-state index is 11.8. The van der Waals surface area contributed by atoms with Crippen molar-refractivity contribution in [3.05, 3.63) is 35.1 Å². The third-order valence-electron chi connectivity index (χ3n) is 3.91. The normalized spacial score (nSPS) is 14.9. The molecule has 110 valence electrons. The molecule has 0 bridgehead atoms. The number of amides is 1. The Kier molecular flexibility index (Phi) is 3.41. The van der Waals surface area contributed by atoms with E-state index in [1.54, 1.807) is 6.26 Å². The van der Waals surface area contributed by atoms with Crippen LogP contribution in [0, 0.1) is 0 Å². The van der Waals surface area contributed by atoms with Crippen LogP contribution in [0.5, 0.6) is 0 Å². The number of rotatable bonds is 4. The Balaban J connectivity index is 1.81. The molecule has 0 saturated carbocycles. The van der Waals surface area contributed by atoms with Crippen molar-refractivity contribution >= 4 is 22.8 Å². The molecule has 1 unspecified atom stereocenters. The molecule has 5 heteroatoms. The van der Waals surface area contributed by atoms with E-state index < -0.39 is 18.0 Å². The number of fused-ring (bicyclic) bond motifs is 2. The number of carbonyl (C=O) groups excluding carboxylic acids is 2. The first-order chi connectivity index (χ1) is 10.0. The molecular weight excluding hydrogens is 270 g/mol. The Morgan fingerprint density at radius 1 is 1.33 bits per heavy atom. The summed E-state index contributed by atoms with van der Waals surface area (Å²) in [6, 6.07) is 4.15. The van der Waals surface area contributed by atoms with Gasteiger partial charge in [0.1, 0.15) is 5.58 Å². The smallest absolute Gasteiger partial charge is 0.311 e. The lowest BCUT2D eigenvalue weighted by Crippen LogP contribution is -2.30. The number of esters is 1. The van der Waals surface area contributed by atoms with Crippen LogP contribution in [-0.2, 0) is 33.6 Å². The second-order valence-corrected chi connectivity index (χ2v) is 5.44. The summed E-state index contributed by atoms with van der Waals surface area (Å²) in [5.74, 6) is -1.14. The molecule has 1 aromatic carbocycles. The van der Waals surface area contributed by atoms with Gasteiger partial charge >= 0.3 is 5.97 Å². The van der Waals surface area contributed by atoms with Gasteiger partial charge in [-0.2, -0.15) is 0 Å². The fourth-order valence-corrected chi connectivity index (χ4v) is 2.74. The lowest BCUT2D eigenvalue weighted by atomic mass is 10.0. The van der Waals surface area contributed by atoms with E-state index in [1.807, 2.05) is 0 Å². The third-order valence-corrected chi connectivity index (χ3v) is 3.91. The predicted octanol–water partition coefficient (Wildman–Crippen LogP) is 1.88. The lowest BCUT2D eigenvalue weighted by molar-refractivity contribution is -0.153. The molecule has 2 N–H and O–H groups in total. The van der Waals surface area contributed by atoms with Gasteiger partial charge in [0, 0.05) is 10.9 Å². The summed E-state index contributed by atoms with van der Waals surface area (Å²) in [4.78, 5) is 22.7. The van der Waals surface area contributed by atoms with E-state index in [9.17, 15) is 9.59 Å². The zero-order valence-electron chi connectivity index (χ0n) is 11.8. The molecule has 1 atom stereocenters. The quantitative estimate of drug-likeness (QED) is 0.870. The van der Waals surface area contributed by atoms with Crippen molar-refractivity contribution in [2.24, 2.45) is 5.73 Å². The third kappa shape index (κ3) is 2.63. The van der Waals surface area contributed by atoms with Gasteiger partial charge in [-0.3, -0.25) is 9.59 Å². The number of hydrogen-bond acceptors (Lipinski definition) is 4. The van der Waals surface area contributed by atoms with E-state index in [-0.39, 0.29) is 6.42 Å². The number of primary amides is 1. The highest BCUT2D eigenvalue weighted by molar-refractivity contribution is 5.88. The Hall–Kier alpha value is -2.30. The van der Waals surface area contributed by atoms with Gasteiger partial charge < -0.3 is 14.9 Å². The van der Waals surface area contributed by atoms with Gasteiger partial charge in [-0.15, -0.1) is 0 Å². The number of benzene rings is 1. The molecular formula is C16H17NO4. The zero-order chi connectivity index (χ0) is 15.0. The Labute approximate surface area is 122 Å². The highest BCUT2D eigenvalue weighted by Gasteiger charge is 2.19. The minimum Gasteiger partial charge on any atom is -0.464 e. The molecule has 2 aromatic rings. The Morgan fingerprint density at radius 3 is 2.76 bits per heavy atom. The number of ether oxygens (including phenoxy) is 1. The fraction of sp³-hybridized carbons (Fsp3) is 0.375. The largest absolute Gasteiger partial charge is 0.464 e. The fourth-order valence-electron chi connectivity index (χ4n) is 2.74. The summed E-state index contributed by atoms with van der Waals surface area (Å²) in [7, 11) is 0. The molecule has 1 aliphatic carbocycles. The SMILES string of the molecule is CC(OC(=O)Cc1coc2cc3c(cc12)CCC3)C(N)=O. The molecule has 3 rings (SSSR count). The van der Waals surface area contributed by atoms with E-state index in [1.165, 1.54) is 18.1 Å². The first kappa shape index (κ1) is 13.7. The first-order valence-electron chi connectivity index (χ1n) is 7.05. The number of hydrogen-bond donors (Lipinski definition) is 1. The summed E-state index contributed by atoms with van der Waals surface area (Å²) >= 11 is 0. The lowest BCUT2D eigenvalue weighted by Gasteiger charge is -2.08. The summed E-state index contributed by atoms with van der Waals surface area (Å²) in [5.41, 5.74) is 9.30.